The molecule has 0 aliphatic heterocycles. The molecule has 0 unspecified atom stereocenters. The van der Waals surface area contributed by atoms with E-state index in [1.165, 1.54) is 28.8 Å². The maximum absolute atomic E-state index is 11.0. The average Bonchev–Trinajstić information content (AvgIpc) is 3.34. The number of nitrogens with one attached hydrogen (secondary N) is 1. The number of furan rings is 1. The lowest BCUT2D eigenvalue weighted by atomic mass is 10.1. The van der Waals surface area contributed by atoms with Crippen LogP contribution in [0.5, 0.6) is 0 Å². The van der Waals surface area contributed by atoms with E-state index in [2.05, 4.69) is 41.3 Å². The van der Waals surface area contributed by atoms with Gasteiger partial charge >= 0.3 is 0 Å². The molecule has 0 aromatic carbocycles. The molecule has 2 aromatic rings. The van der Waals surface area contributed by atoms with Gasteiger partial charge in [-0.1, -0.05) is 44.1 Å². The van der Waals surface area contributed by atoms with Gasteiger partial charge in [-0.05, 0) is 25.0 Å². The van der Waals surface area contributed by atoms with Gasteiger partial charge in [0.25, 0.3) is 0 Å². The standard InChI is InChI=1S/C21H29N5O2S/c1-4-7-17(8-5-2)9-6-12-26(22)15-24-21-25-19(14-29-21)20-11-10-18(28-20)13-23-16(3)27/h6-7,9-11,14-15H,4-5,8,12-13,22H2,1-3H3,(H,23,27)/b9-6+,17-7-,24-15+. The summed E-state index contributed by atoms with van der Waals surface area (Å²) in [4.78, 5) is 19.8. The molecule has 0 aliphatic rings. The van der Waals surface area contributed by atoms with Crippen LogP contribution in [0.3, 0.4) is 0 Å². The van der Waals surface area contributed by atoms with Crippen LogP contribution < -0.4 is 11.2 Å². The van der Waals surface area contributed by atoms with Crippen LogP contribution in [0.4, 0.5) is 5.13 Å². The minimum atomic E-state index is -0.0996. The largest absolute Gasteiger partial charge is 0.458 e. The summed E-state index contributed by atoms with van der Waals surface area (Å²) in [5, 5.41) is 6.69. The maximum Gasteiger partial charge on any atom is 0.217 e. The fourth-order valence-corrected chi connectivity index (χ4v) is 3.20. The number of nitrogens with zero attached hydrogens (tertiary/aromatic N) is 3. The predicted octanol–water partition coefficient (Wildman–Crippen LogP) is 4.57. The normalized spacial score (nSPS) is 12.2. The number of hydrazine groups is 1. The molecule has 2 heterocycles. The van der Waals surface area contributed by atoms with Crippen LogP contribution in [0, 0.1) is 0 Å². The molecular formula is C21H29N5O2S. The zero-order valence-corrected chi connectivity index (χ0v) is 18.0. The van der Waals surface area contributed by atoms with Crippen molar-refractivity contribution in [2.24, 2.45) is 10.8 Å². The lowest BCUT2D eigenvalue weighted by Gasteiger charge is -2.08. The molecule has 2 rings (SSSR count). The fraction of sp³-hybridized carbons (Fsp3) is 0.381. The van der Waals surface area contributed by atoms with Gasteiger partial charge in [-0.15, -0.1) is 11.3 Å². The third kappa shape index (κ3) is 8.05. The first-order valence-corrected chi connectivity index (χ1v) is 10.6. The highest BCUT2D eigenvalue weighted by molar-refractivity contribution is 7.13. The van der Waals surface area contributed by atoms with E-state index in [0.29, 0.717) is 35.4 Å². The van der Waals surface area contributed by atoms with Crippen LogP contribution >= 0.6 is 11.3 Å². The molecule has 0 aliphatic carbocycles. The topological polar surface area (TPSA) is 96.7 Å². The molecule has 156 valence electrons. The van der Waals surface area contributed by atoms with Crippen molar-refractivity contribution in [2.75, 3.05) is 6.54 Å². The number of rotatable bonds is 11. The number of allylic oxidation sites excluding steroid dienone is 3. The minimum absolute atomic E-state index is 0.0996. The highest BCUT2D eigenvalue weighted by Gasteiger charge is 2.09. The third-order valence-corrected chi connectivity index (χ3v) is 4.64. The number of aliphatic imine (C=N–C) groups is 1. The lowest BCUT2D eigenvalue weighted by Crippen LogP contribution is -2.29. The van der Waals surface area contributed by atoms with E-state index in [1.54, 1.807) is 6.34 Å². The van der Waals surface area contributed by atoms with Gasteiger partial charge in [0, 0.05) is 12.3 Å². The van der Waals surface area contributed by atoms with Crippen LogP contribution in [-0.4, -0.2) is 28.8 Å². The van der Waals surface area contributed by atoms with E-state index in [-0.39, 0.29) is 5.91 Å². The van der Waals surface area contributed by atoms with Gasteiger partial charge in [0.15, 0.2) is 5.76 Å². The van der Waals surface area contributed by atoms with Crippen molar-refractivity contribution >= 4 is 28.7 Å². The first kappa shape index (κ1) is 22.6. The Morgan fingerprint density at radius 2 is 2.24 bits per heavy atom. The van der Waals surface area contributed by atoms with Crippen LogP contribution in [0.2, 0.25) is 0 Å². The molecule has 0 spiro atoms. The Morgan fingerprint density at radius 3 is 2.97 bits per heavy atom. The van der Waals surface area contributed by atoms with Gasteiger partial charge in [0.05, 0.1) is 13.1 Å². The van der Waals surface area contributed by atoms with Crippen molar-refractivity contribution in [3.05, 3.63) is 47.1 Å². The molecule has 0 fully saturated rings. The quantitative estimate of drug-likeness (QED) is 0.184. The molecule has 3 N–H and O–H groups in total. The van der Waals surface area contributed by atoms with E-state index in [9.17, 15) is 4.79 Å². The number of carbonyl (C=O) groups excluding carboxylic acids is 1. The second kappa shape index (κ2) is 12.0. The summed E-state index contributed by atoms with van der Waals surface area (Å²) in [6, 6.07) is 3.65. The van der Waals surface area contributed by atoms with Crippen molar-refractivity contribution in [3.63, 3.8) is 0 Å². The molecule has 8 heteroatoms. The van der Waals surface area contributed by atoms with Gasteiger partial charge in [0.2, 0.25) is 11.0 Å². The summed E-state index contributed by atoms with van der Waals surface area (Å²) in [7, 11) is 0. The Kier molecular flexibility index (Phi) is 9.33. The van der Waals surface area contributed by atoms with E-state index >= 15 is 0 Å². The lowest BCUT2D eigenvalue weighted by molar-refractivity contribution is -0.119. The number of nitrogens with two attached hydrogens (primary N) is 1. The highest BCUT2D eigenvalue weighted by Crippen LogP contribution is 2.27. The molecule has 0 bridgehead atoms. The molecule has 0 saturated heterocycles. The molecule has 0 saturated carbocycles. The predicted molar refractivity (Wildman–Crippen MR) is 119 cm³/mol. The van der Waals surface area contributed by atoms with Crippen molar-refractivity contribution in [2.45, 2.75) is 46.6 Å². The first-order valence-electron chi connectivity index (χ1n) is 9.72. The van der Waals surface area contributed by atoms with Crippen molar-refractivity contribution in [1.29, 1.82) is 0 Å². The molecule has 2 aromatic heterocycles. The summed E-state index contributed by atoms with van der Waals surface area (Å²) in [6.07, 6.45) is 11.2. The minimum Gasteiger partial charge on any atom is -0.458 e. The Bertz CT molecular complexity index is 866. The second-order valence-corrected chi connectivity index (χ2v) is 7.31. The SMILES string of the molecule is CC/C=C(\C=C\CN(N)/C=N/c1nc(-c2ccc(CNC(C)=O)o2)cs1)CCC. The summed E-state index contributed by atoms with van der Waals surface area (Å²) < 4.78 is 5.70. The molecule has 29 heavy (non-hydrogen) atoms. The Morgan fingerprint density at radius 1 is 1.41 bits per heavy atom. The third-order valence-electron chi connectivity index (χ3n) is 3.89. The Balaban J connectivity index is 1.89. The molecule has 7 nitrogen and oxygen atoms in total. The fourth-order valence-electron chi connectivity index (χ4n) is 2.56. The smallest absolute Gasteiger partial charge is 0.217 e. The number of aromatic nitrogens is 1. The number of hydrogen-bond donors (Lipinski definition) is 2. The first-order chi connectivity index (χ1) is 14.0. The van der Waals surface area contributed by atoms with E-state index in [1.807, 2.05) is 23.6 Å². The number of carbonyl (C=O) groups is 1. The van der Waals surface area contributed by atoms with Crippen molar-refractivity contribution < 1.29 is 9.21 Å². The van der Waals surface area contributed by atoms with E-state index < -0.39 is 0 Å². The zero-order valence-electron chi connectivity index (χ0n) is 17.2. The van der Waals surface area contributed by atoms with Crippen LogP contribution in [-0.2, 0) is 11.3 Å². The second-order valence-electron chi connectivity index (χ2n) is 6.47. The van der Waals surface area contributed by atoms with Crippen LogP contribution in [0.15, 0.2) is 50.7 Å². The monoisotopic (exact) mass is 415 g/mol. The number of amides is 1. The average molecular weight is 416 g/mol. The van der Waals surface area contributed by atoms with Gasteiger partial charge in [-0.25, -0.2) is 15.8 Å². The van der Waals surface area contributed by atoms with Gasteiger partial charge in [0.1, 0.15) is 17.8 Å². The van der Waals surface area contributed by atoms with Gasteiger partial charge in [-0.2, -0.15) is 0 Å². The Labute approximate surface area is 176 Å². The summed E-state index contributed by atoms with van der Waals surface area (Å²) in [5.41, 5.74) is 2.04. The van der Waals surface area contributed by atoms with Crippen molar-refractivity contribution in [3.8, 4) is 11.5 Å². The van der Waals surface area contributed by atoms with Crippen molar-refractivity contribution in [1.82, 2.24) is 15.3 Å². The molecule has 0 radical (unpaired) electrons. The number of hydrogen-bond acceptors (Lipinski definition) is 6. The van der Waals surface area contributed by atoms with Crippen LogP contribution in [0.25, 0.3) is 11.5 Å². The van der Waals surface area contributed by atoms with Gasteiger partial charge < -0.3 is 9.73 Å². The maximum atomic E-state index is 11.0. The molecule has 0 atom stereocenters. The van der Waals surface area contributed by atoms with E-state index in [0.717, 1.165) is 19.3 Å². The number of thiazole rings is 1. The van der Waals surface area contributed by atoms with E-state index in [4.69, 9.17) is 10.3 Å². The summed E-state index contributed by atoms with van der Waals surface area (Å²) in [6.45, 7) is 6.70. The summed E-state index contributed by atoms with van der Waals surface area (Å²) in [5.74, 6) is 7.19. The Hall–Kier alpha value is -2.71. The van der Waals surface area contributed by atoms with Crippen LogP contribution in [0.1, 0.15) is 45.8 Å². The molecular weight excluding hydrogens is 386 g/mol. The zero-order chi connectivity index (χ0) is 21.1. The molecule has 1 amide bonds. The summed E-state index contributed by atoms with van der Waals surface area (Å²) >= 11 is 1.41. The highest BCUT2D eigenvalue weighted by atomic mass is 32.1. The van der Waals surface area contributed by atoms with Gasteiger partial charge in [-0.3, -0.25) is 9.80 Å².